The molecule has 1 saturated carbocycles. The molecule has 1 amide bonds. The molecule has 1 aliphatic heterocycles. The van der Waals surface area contributed by atoms with Gasteiger partial charge < -0.3 is 14.6 Å². The molecule has 1 N–H and O–H groups in total. The normalized spacial score (nSPS) is 23.4. The number of hydrogen-bond acceptors (Lipinski definition) is 4. The third kappa shape index (κ3) is 5.37. The molecule has 0 radical (unpaired) electrons. The van der Waals surface area contributed by atoms with Crippen LogP contribution in [0.4, 0.5) is 0 Å². The first kappa shape index (κ1) is 23.7. The molecule has 2 aliphatic rings. The summed E-state index contributed by atoms with van der Waals surface area (Å²) in [6.45, 7) is 5.20. The van der Waals surface area contributed by atoms with Crippen molar-refractivity contribution >= 4 is 5.91 Å². The van der Waals surface area contributed by atoms with Gasteiger partial charge in [0.25, 0.3) is 5.56 Å². The highest BCUT2D eigenvalue weighted by Crippen LogP contribution is 2.40. The standard InChI is InChI=1S/C27H37N3O3/c1-26(2)19-29(24(31)14-13-21-9-5-3-6-10-21)16-15-27(26,33)20-30-18-23(28-17-25(30)32)22-11-7-4-8-12-22/h4,7-8,11-12,17-18,21,33H,3,5-6,9-10,13-16,19-20H2,1-2H3. The van der Waals surface area contributed by atoms with E-state index in [1.54, 1.807) is 10.8 Å². The molecule has 2 fully saturated rings. The van der Waals surface area contributed by atoms with Crippen LogP contribution in [-0.4, -0.2) is 44.2 Å². The molecule has 1 unspecified atom stereocenters. The minimum absolute atomic E-state index is 0.186. The molecule has 1 atom stereocenters. The van der Waals surface area contributed by atoms with E-state index in [4.69, 9.17) is 0 Å². The highest BCUT2D eigenvalue weighted by atomic mass is 16.3. The SMILES string of the molecule is CC1(C)CN(C(=O)CCC2CCCCC2)CCC1(O)Cn1cc(-c2ccccc2)ncc1=O. The fourth-order valence-corrected chi connectivity index (χ4v) is 5.44. The average Bonchev–Trinajstić information content (AvgIpc) is 2.82. The first-order valence-corrected chi connectivity index (χ1v) is 12.4. The van der Waals surface area contributed by atoms with Crippen molar-refractivity contribution in [3.63, 3.8) is 0 Å². The molecule has 1 aliphatic carbocycles. The van der Waals surface area contributed by atoms with E-state index >= 15 is 0 Å². The van der Waals surface area contributed by atoms with E-state index < -0.39 is 11.0 Å². The third-order valence-corrected chi connectivity index (χ3v) is 7.86. The summed E-state index contributed by atoms with van der Waals surface area (Å²) in [5.41, 5.74) is -0.235. The Morgan fingerprint density at radius 2 is 1.88 bits per heavy atom. The highest BCUT2D eigenvalue weighted by molar-refractivity contribution is 5.76. The third-order valence-electron chi connectivity index (χ3n) is 7.86. The predicted molar refractivity (Wildman–Crippen MR) is 130 cm³/mol. The van der Waals surface area contributed by atoms with Crippen LogP contribution in [0.3, 0.4) is 0 Å². The highest BCUT2D eigenvalue weighted by Gasteiger charge is 2.48. The zero-order chi connectivity index (χ0) is 23.5. The van der Waals surface area contributed by atoms with Crippen LogP contribution in [-0.2, 0) is 11.3 Å². The lowest BCUT2D eigenvalue weighted by atomic mass is 9.69. The smallest absolute Gasteiger partial charge is 0.269 e. The first-order valence-electron chi connectivity index (χ1n) is 12.4. The van der Waals surface area contributed by atoms with Crippen molar-refractivity contribution in [2.24, 2.45) is 11.3 Å². The van der Waals surface area contributed by atoms with Crippen LogP contribution >= 0.6 is 0 Å². The Morgan fingerprint density at radius 1 is 1.15 bits per heavy atom. The molecule has 6 heteroatoms. The second-order valence-electron chi connectivity index (χ2n) is 10.6. The number of carbonyl (C=O) groups is 1. The molecular weight excluding hydrogens is 414 g/mol. The van der Waals surface area contributed by atoms with E-state index in [1.165, 1.54) is 38.3 Å². The number of piperidine rings is 1. The zero-order valence-electron chi connectivity index (χ0n) is 20.0. The molecule has 0 spiro atoms. The number of aliphatic hydroxyl groups is 1. The van der Waals surface area contributed by atoms with Gasteiger partial charge in [0.15, 0.2) is 0 Å². The minimum atomic E-state index is -1.09. The summed E-state index contributed by atoms with van der Waals surface area (Å²) in [6.07, 6.45) is 11.5. The number of amides is 1. The van der Waals surface area contributed by atoms with E-state index in [0.717, 1.165) is 12.0 Å². The largest absolute Gasteiger partial charge is 0.387 e. The Bertz CT molecular complexity index is 1010. The molecule has 178 valence electrons. The van der Waals surface area contributed by atoms with Crippen LogP contribution in [0.2, 0.25) is 0 Å². The Balaban J connectivity index is 1.43. The first-order chi connectivity index (χ1) is 15.8. The van der Waals surface area contributed by atoms with E-state index in [1.807, 2.05) is 49.1 Å². The van der Waals surface area contributed by atoms with Crippen molar-refractivity contribution in [1.82, 2.24) is 14.5 Å². The van der Waals surface area contributed by atoms with Crippen molar-refractivity contribution in [1.29, 1.82) is 0 Å². The van der Waals surface area contributed by atoms with Gasteiger partial charge in [-0.25, -0.2) is 4.98 Å². The Hall–Kier alpha value is -2.47. The lowest BCUT2D eigenvalue weighted by molar-refractivity contribution is -0.154. The topological polar surface area (TPSA) is 75.4 Å². The molecule has 6 nitrogen and oxygen atoms in total. The van der Waals surface area contributed by atoms with E-state index in [-0.39, 0.29) is 18.0 Å². The van der Waals surface area contributed by atoms with Gasteiger partial charge in [0.1, 0.15) is 0 Å². The van der Waals surface area contributed by atoms with Crippen molar-refractivity contribution in [3.8, 4) is 11.3 Å². The molecule has 33 heavy (non-hydrogen) atoms. The minimum Gasteiger partial charge on any atom is -0.387 e. The van der Waals surface area contributed by atoms with Crippen molar-refractivity contribution in [3.05, 3.63) is 53.1 Å². The molecule has 4 rings (SSSR count). The van der Waals surface area contributed by atoms with Gasteiger partial charge in [-0.05, 0) is 18.8 Å². The Kier molecular flexibility index (Phi) is 7.03. The van der Waals surface area contributed by atoms with Gasteiger partial charge in [-0.3, -0.25) is 9.59 Å². The van der Waals surface area contributed by atoms with Crippen molar-refractivity contribution < 1.29 is 9.90 Å². The summed E-state index contributed by atoms with van der Waals surface area (Å²) in [5.74, 6) is 0.887. The van der Waals surface area contributed by atoms with Crippen LogP contribution < -0.4 is 5.56 Å². The van der Waals surface area contributed by atoms with Gasteiger partial charge in [-0.1, -0.05) is 76.3 Å². The van der Waals surface area contributed by atoms with Gasteiger partial charge in [-0.2, -0.15) is 0 Å². The Labute approximate surface area is 196 Å². The van der Waals surface area contributed by atoms with Gasteiger partial charge in [0, 0.05) is 36.7 Å². The average molecular weight is 452 g/mol. The summed E-state index contributed by atoms with van der Waals surface area (Å²) < 4.78 is 1.57. The number of likely N-dealkylation sites (tertiary alicyclic amines) is 1. The summed E-state index contributed by atoms with van der Waals surface area (Å²) in [5, 5.41) is 11.7. The maximum Gasteiger partial charge on any atom is 0.269 e. The second-order valence-corrected chi connectivity index (χ2v) is 10.6. The quantitative estimate of drug-likeness (QED) is 0.712. The molecule has 2 aromatic rings. The summed E-state index contributed by atoms with van der Waals surface area (Å²) in [6, 6.07) is 9.71. The van der Waals surface area contributed by atoms with Crippen LogP contribution in [0.25, 0.3) is 11.3 Å². The van der Waals surface area contributed by atoms with Gasteiger partial charge in [-0.15, -0.1) is 0 Å². The maximum atomic E-state index is 12.9. The fraction of sp³-hybridized carbons (Fsp3) is 0.593. The van der Waals surface area contributed by atoms with Gasteiger partial charge in [0.2, 0.25) is 5.91 Å². The number of hydrogen-bond donors (Lipinski definition) is 1. The van der Waals surface area contributed by atoms with Crippen LogP contribution in [0.15, 0.2) is 47.5 Å². The van der Waals surface area contributed by atoms with Crippen molar-refractivity contribution in [2.45, 2.75) is 77.4 Å². The second kappa shape index (κ2) is 9.80. The molecule has 2 heterocycles. The monoisotopic (exact) mass is 451 g/mol. The van der Waals surface area contributed by atoms with E-state index in [2.05, 4.69) is 4.98 Å². The summed E-state index contributed by atoms with van der Waals surface area (Å²) >= 11 is 0. The van der Waals surface area contributed by atoms with E-state index in [0.29, 0.717) is 37.5 Å². The number of benzene rings is 1. The molecular formula is C27H37N3O3. The number of nitrogens with zero attached hydrogens (tertiary/aromatic N) is 3. The number of carbonyl (C=O) groups excluding carboxylic acids is 1. The van der Waals surface area contributed by atoms with Gasteiger partial charge >= 0.3 is 0 Å². The van der Waals surface area contributed by atoms with Crippen molar-refractivity contribution in [2.75, 3.05) is 13.1 Å². The lowest BCUT2D eigenvalue weighted by Crippen LogP contribution is -2.60. The molecule has 1 aromatic heterocycles. The zero-order valence-corrected chi connectivity index (χ0v) is 20.0. The Morgan fingerprint density at radius 3 is 2.58 bits per heavy atom. The maximum absolute atomic E-state index is 12.9. The van der Waals surface area contributed by atoms with Crippen LogP contribution in [0.5, 0.6) is 0 Å². The number of aromatic nitrogens is 2. The van der Waals surface area contributed by atoms with Gasteiger partial charge in [0.05, 0.1) is 24.0 Å². The summed E-state index contributed by atoms with van der Waals surface area (Å²) in [7, 11) is 0. The summed E-state index contributed by atoms with van der Waals surface area (Å²) in [4.78, 5) is 31.7. The molecule has 1 aromatic carbocycles. The predicted octanol–water partition coefficient (Wildman–Crippen LogP) is 4.26. The molecule has 0 bridgehead atoms. The van der Waals surface area contributed by atoms with E-state index in [9.17, 15) is 14.7 Å². The fourth-order valence-electron chi connectivity index (χ4n) is 5.44. The van der Waals surface area contributed by atoms with Crippen LogP contribution in [0, 0.1) is 11.3 Å². The lowest BCUT2D eigenvalue weighted by Gasteiger charge is -2.50. The molecule has 1 saturated heterocycles. The number of rotatable bonds is 6. The van der Waals surface area contributed by atoms with Crippen LogP contribution in [0.1, 0.15) is 65.2 Å².